The molecule has 0 radical (unpaired) electrons. The first-order valence-electron chi connectivity index (χ1n) is 12.4. The number of carbonyl (C=O) groups is 1. The highest BCUT2D eigenvalue weighted by Crippen LogP contribution is 2.34. The molecule has 0 saturated carbocycles. The van der Waals surface area contributed by atoms with E-state index in [1.165, 1.54) is 16.9 Å². The van der Waals surface area contributed by atoms with Gasteiger partial charge in [-0.25, -0.2) is 4.98 Å². The second-order valence-electron chi connectivity index (χ2n) is 10.4. The third kappa shape index (κ3) is 5.79. The fourth-order valence-electron chi connectivity index (χ4n) is 4.55. The highest BCUT2D eigenvalue weighted by molar-refractivity contribution is 7.14. The monoisotopic (exact) mass is 527 g/mol. The normalized spacial score (nSPS) is 12.5. The van der Waals surface area contributed by atoms with E-state index in [0.29, 0.717) is 23.1 Å². The Labute approximate surface area is 226 Å². The number of benzene rings is 3. The van der Waals surface area contributed by atoms with Crippen molar-refractivity contribution in [2.24, 2.45) is 0 Å². The Bertz CT molecular complexity index is 1520. The molecule has 1 atom stereocenters. The molecule has 5 aromatic rings. The van der Waals surface area contributed by atoms with E-state index >= 15 is 0 Å². The number of halogens is 1. The molecule has 2 aromatic heterocycles. The lowest BCUT2D eigenvalue weighted by molar-refractivity contribution is -0.117. The topological polar surface area (TPSA) is 46.9 Å². The first-order chi connectivity index (χ1) is 17.8. The molecule has 1 unspecified atom stereocenters. The minimum atomic E-state index is -0.414. The number of nitrogens with zero attached hydrogens (tertiary/aromatic N) is 2. The zero-order valence-electron chi connectivity index (χ0n) is 21.2. The molecule has 1 N–H and O–H groups in total. The summed E-state index contributed by atoms with van der Waals surface area (Å²) in [5, 5.41) is 7.41. The summed E-state index contributed by atoms with van der Waals surface area (Å²) in [6.45, 7) is 7.08. The van der Waals surface area contributed by atoms with Gasteiger partial charge in [0, 0.05) is 39.5 Å². The van der Waals surface area contributed by atoms with Crippen molar-refractivity contribution in [3.63, 3.8) is 0 Å². The number of aromatic nitrogens is 2. The largest absolute Gasteiger partial charge is 0.343 e. The van der Waals surface area contributed by atoms with Gasteiger partial charge in [0.05, 0.1) is 11.6 Å². The molecule has 0 aliphatic carbocycles. The van der Waals surface area contributed by atoms with Crippen LogP contribution in [-0.2, 0) is 23.2 Å². The molecule has 37 heavy (non-hydrogen) atoms. The van der Waals surface area contributed by atoms with Crippen molar-refractivity contribution < 1.29 is 4.79 Å². The first kappa shape index (κ1) is 25.2. The van der Waals surface area contributed by atoms with Crippen molar-refractivity contribution in [1.29, 1.82) is 0 Å². The molecule has 188 valence electrons. The highest BCUT2D eigenvalue weighted by Gasteiger charge is 2.27. The quantitative estimate of drug-likeness (QED) is 0.232. The SMILES string of the molecule is CC(C)(C)c1csc(NC(=O)C(Cc2ccccc2)c2cn(Cc3ccccc3)c3ccc(Cl)cc23)n1. The molecular weight excluding hydrogens is 498 g/mol. The molecule has 3 aromatic carbocycles. The number of anilines is 1. The maximum atomic E-state index is 13.9. The van der Waals surface area contributed by atoms with Crippen LogP contribution >= 0.6 is 22.9 Å². The summed E-state index contributed by atoms with van der Waals surface area (Å²) in [7, 11) is 0. The summed E-state index contributed by atoms with van der Waals surface area (Å²) in [6.07, 6.45) is 2.69. The van der Waals surface area contributed by atoms with Gasteiger partial charge in [-0.3, -0.25) is 4.79 Å². The van der Waals surface area contributed by atoms with Gasteiger partial charge in [0.25, 0.3) is 0 Å². The second kappa shape index (κ2) is 10.5. The molecule has 1 amide bonds. The summed E-state index contributed by atoms with van der Waals surface area (Å²) in [5.41, 5.74) is 5.20. The van der Waals surface area contributed by atoms with Crippen molar-refractivity contribution in [2.75, 3.05) is 5.32 Å². The molecule has 2 heterocycles. The van der Waals surface area contributed by atoms with Crippen molar-refractivity contribution >= 4 is 44.9 Å². The molecular formula is C31H30ClN3OS. The molecule has 4 nitrogen and oxygen atoms in total. The molecule has 5 rings (SSSR count). The summed E-state index contributed by atoms with van der Waals surface area (Å²) < 4.78 is 2.21. The number of amides is 1. The van der Waals surface area contributed by atoms with E-state index in [9.17, 15) is 4.79 Å². The lowest BCUT2D eigenvalue weighted by Crippen LogP contribution is -2.23. The van der Waals surface area contributed by atoms with Gasteiger partial charge in [-0.15, -0.1) is 11.3 Å². The fourth-order valence-corrected chi connectivity index (χ4v) is 5.66. The van der Waals surface area contributed by atoms with E-state index in [4.69, 9.17) is 16.6 Å². The van der Waals surface area contributed by atoms with Crippen LogP contribution in [0.5, 0.6) is 0 Å². The van der Waals surface area contributed by atoms with Gasteiger partial charge in [-0.05, 0) is 41.3 Å². The average molecular weight is 528 g/mol. The zero-order chi connectivity index (χ0) is 26.0. The minimum Gasteiger partial charge on any atom is -0.343 e. The van der Waals surface area contributed by atoms with Gasteiger partial charge in [0.15, 0.2) is 5.13 Å². The third-order valence-electron chi connectivity index (χ3n) is 6.55. The smallest absolute Gasteiger partial charge is 0.234 e. The lowest BCUT2D eigenvalue weighted by atomic mass is 9.91. The van der Waals surface area contributed by atoms with Crippen LogP contribution in [0.25, 0.3) is 10.9 Å². The van der Waals surface area contributed by atoms with Crippen LogP contribution in [-0.4, -0.2) is 15.5 Å². The van der Waals surface area contributed by atoms with E-state index in [0.717, 1.165) is 27.7 Å². The molecule has 0 bridgehead atoms. The Morgan fingerprint density at radius 1 is 1.00 bits per heavy atom. The number of hydrogen-bond acceptors (Lipinski definition) is 3. The molecule has 0 fully saturated rings. The summed E-state index contributed by atoms with van der Waals surface area (Å²) in [4.78, 5) is 18.6. The van der Waals surface area contributed by atoms with Crippen LogP contribution in [0, 0.1) is 0 Å². The Morgan fingerprint density at radius 2 is 1.68 bits per heavy atom. The Kier molecular flexibility index (Phi) is 7.18. The number of rotatable bonds is 7. The minimum absolute atomic E-state index is 0.0719. The van der Waals surface area contributed by atoms with Gasteiger partial charge in [0.2, 0.25) is 5.91 Å². The Morgan fingerprint density at radius 3 is 2.32 bits per heavy atom. The van der Waals surface area contributed by atoms with Gasteiger partial charge in [-0.1, -0.05) is 93.0 Å². The van der Waals surface area contributed by atoms with Crippen molar-refractivity contribution in [3.05, 3.63) is 118 Å². The predicted molar refractivity (Wildman–Crippen MR) is 155 cm³/mol. The van der Waals surface area contributed by atoms with Crippen LogP contribution in [0.2, 0.25) is 5.02 Å². The maximum absolute atomic E-state index is 13.9. The Hall–Kier alpha value is -3.41. The summed E-state index contributed by atoms with van der Waals surface area (Å²) >= 11 is 7.93. The standard InChI is InChI=1S/C31H30ClN3OS/c1-31(2,3)28-20-37-30(33-28)34-29(36)25(16-21-10-6-4-7-11-21)26-19-35(18-22-12-8-5-9-13-22)27-15-14-23(32)17-24(26)27/h4-15,17,19-20,25H,16,18H2,1-3H3,(H,33,34,36). The van der Waals surface area contributed by atoms with Gasteiger partial charge >= 0.3 is 0 Å². The van der Waals surface area contributed by atoms with E-state index in [1.807, 2.05) is 60.0 Å². The van der Waals surface area contributed by atoms with E-state index in [-0.39, 0.29) is 11.3 Å². The number of fused-ring (bicyclic) bond motifs is 1. The molecule has 6 heteroatoms. The molecule has 0 aliphatic heterocycles. The van der Waals surface area contributed by atoms with Gasteiger partial charge < -0.3 is 9.88 Å². The summed E-state index contributed by atoms with van der Waals surface area (Å²) in [6, 6.07) is 26.4. The van der Waals surface area contributed by atoms with Crippen LogP contribution < -0.4 is 5.32 Å². The number of thiazole rings is 1. The average Bonchev–Trinajstić information content (AvgIpc) is 3.49. The number of nitrogens with one attached hydrogen (secondary N) is 1. The van der Waals surface area contributed by atoms with Gasteiger partial charge in [0.1, 0.15) is 0 Å². The van der Waals surface area contributed by atoms with E-state index in [2.05, 4.69) is 61.1 Å². The second-order valence-corrected chi connectivity index (χ2v) is 11.7. The molecule has 0 saturated heterocycles. The van der Waals surface area contributed by atoms with Crippen LogP contribution in [0.15, 0.2) is 90.4 Å². The van der Waals surface area contributed by atoms with E-state index in [1.54, 1.807) is 0 Å². The zero-order valence-corrected chi connectivity index (χ0v) is 22.8. The molecule has 0 aliphatic rings. The Balaban J connectivity index is 1.56. The maximum Gasteiger partial charge on any atom is 0.234 e. The highest BCUT2D eigenvalue weighted by atomic mass is 35.5. The van der Waals surface area contributed by atoms with Crippen molar-refractivity contribution in [2.45, 2.75) is 45.1 Å². The van der Waals surface area contributed by atoms with Crippen molar-refractivity contribution in [1.82, 2.24) is 9.55 Å². The van der Waals surface area contributed by atoms with Crippen molar-refractivity contribution in [3.8, 4) is 0 Å². The number of hydrogen-bond donors (Lipinski definition) is 1. The fraction of sp³-hybridized carbons (Fsp3) is 0.226. The van der Waals surface area contributed by atoms with Crippen LogP contribution in [0.3, 0.4) is 0 Å². The van der Waals surface area contributed by atoms with Crippen LogP contribution in [0.1, 0.15) is 49.1 Å². The summed E-state index contributed by atoms with van der Waals surface area (Å²) in [5.74, 6) is -0.486. The predicted octanol–water partition coefficient (Wildman–Crippen LogP) is 8.06. The third-order valence-corrected chi connectivity index (χ3v) is 7.54. The van der Waals surface area contributed by atoms with Gasteiger partial charge in [-0.2, -0.15) is 0 Å². The van der Waals surface area contributed by atoms with Crippen LogP contribution in [0.4, 0.5) is 5.13 Å². The number of carbonyl (C=O) groups excluding carboxylic acids is 1. The first-order valence-corrected chi connectivity index (χ1v) is 13.7. The lowest BCUT2D eigenvalue weighted by Gasteiger charge is -2.17. The molecule has 0 spiro atoms. The van der Waals surface area contributed by atoms with E-state index < -0.39 is 5.92 Å².